The minimum atomic E-state index is 0.528. The first-order valence-corrected chi connectivity index (χ1v) is 5.70. The summed E-state index contributed by atoms with van der Waals surface area (Å²) in [6.07, 6.45) is 3.14. The molecule has 0 N–H and O–H groups in total. The number of aromatic nitrogens is 2. The highest BCUT2D eigenvalue weighted by Crippen LogP contribution is 2.26. The fraction of sp³-hybridized carbons (Fsp3) is 0.300. The van der Waals surface area contributed by atoms with E-state index in [-0.39, 0.29) is 0 Å². The minimum absolute atomic E-state index is 0.528. The molecule has 0 aromatic carbocycles. The summed E-state index contributed by atoms with van der Waals surface area (Å²) in [5.74, 6) is 0. The van der Waals surface area contributed by atoms with E-state index in [1.807, 2.05) is 12.3 Å². The first-order valence-electron chi connectivity index (χ1n) is 4.53. The molecule has 0 atom stereocenters. The molecule has 0 amide bonds. The van der Waals surface area contributed by atoms with Gasteiger partial charge in [0.1, 0.15) is 10.8 Å². The molecular weight excluding hydrogens is 263 g/mol. The van der Waals surface area contributed by atoms with Crippen LogP contribution in [0, 0.1) is 0 Å². The van der Waals surface area contributed by atoms with Crippen LogP contribution in [0.4, 0.5) is 0 Å². The topological polar surface area (TPSA) is 17.8 Å². The van der Waals surface area contributed by atoms with E-state index in [0.717, 1.165) is 28.5 Å². The highest BCUT2D eigenvalue weighted by molar-refractivity contribution is 9.10. The first kappa shape index (κ1) is 9.99. The molecule has 0 unspecified atom stereocenters. The van der Waals surface area contributed by atoms with Crippen LogP contribution in [0.3, 0.4) is 0 Å². The molecule has 0 saturated carbocycles. The Morgan fingerprint density at radius 1 is 1.57 bits per heavy atom. The molecule has 0 spiro atoms. The van der Waals surface area contributed by atoms with Crippen LogP contribution in [-0.2, 0) is 6.54 Å². The maximum absolute atomic E-state index is 5.90. The zero-order valence-electron chi connectivity index (χ0n) is 7.80. The smallest absolute Gasteiger partial charge is 0.142 e. The van der Waals surface area contributed by atoms with Crippen molar-refractivity contribution in [3.05, 3.63) is 28.0 Å². The van der Waals surface area contributed by atoms with Crippen LogP contribution < -0.4 is 0 Å². The SMILES string of the molecule is CCCn1ccc2c(Br)cc(Cl)nc21. The number of hydrogen-bond donors (Lipinski definition) is 0. The lowest BCUT2D eigenvalue weighted by Crippen LogP contribution is -1.95. The molecule has 2 rings (SSSR count). The van der Waals surface area contributed by atoms with Crippen molar-refractivity contribution in [2.24, 2.45) is 0 Å². The predicted octanol–water partition coefficient (Wildman–Crippen LogP) is 3.86. The average molecular weight is 274 g/mol. The van der Waals surface area contributed by atoms with E-state index in [1.54, 1.807) is 0 Å². The van der Waals surface area contributed by atoms with Crippen molar-refractivity contribution in [1.82, 2.24) is 9.55 Å². The molecule has 0 aliphatic carbocycles. The largest absolute Gasteiger partial charge is 0.332 e. The van der Waals surface area contributed by atoms with Crippen LogP contribution in [0.1, 0.15) is 13.3 Å². The molecular formula is C10H10BrClN2. The van der Waals surface area contributed by atoms with Crippen LogP contribution in [0.25, 0.3) is 11.0 Å². The monoisotopic (exact) mass is 272 g/mol. The van der Waals surface area contributed by atoms with E-state index in [4.69, 9.17) is 11.6 Å². The average Bonchev–Trinajstić information content (AvgIpc) is 2.49. The summed E-state index contributed by atoms with van der Waals surface area (Å²) in [5, 5.41) is 1.64. The lowest BCUT2D eigenvalue weighted by molar-refractivity contribution is 0.697. The molecule has 0 aliphatic heterocycles. The quantitative estimate of drug-likeness (QED) is 0.760. The number of hydrogen-bond acceptors (Lipinski definition) is 1. The molecule has 0 fully saturated rings. The molecule has 2 heterocycles. The van der Waals surface area contributed by atoms with Crippen molar-refractivity contribution < 1.29 is 0 Å². The predicted molar refractivity (Wildman–Crippen MR) is 62.7 cm³/mol. The lowest BCUT2D eigenvalue weighted by atomic mass is 10.3. The maximum Gasteiger partial charge on any atom is 0.142 e. The second kappa shape index (κ2) is 3.91. The van der Waals surface area contributed by atoms with E-state index in [2.05, 4.69) is 38.5 Å². The van der Waals surface area contributed by atoms with Crippen molar-refractivity contribution in [3.63, 3.8) is 0 Å². The third kappa shape index (κ3) is 1.66. The Morgan fingerprint density at radius 2 is 2.36 bits per heavy atom. The normalized spacial score (nSPS) is 11.1. The number of rotatable bonds is 2. The number of halogens is 2. The van der Waals surface area contributed by atoms with Gasteiger partial charge in [-0.3, -0.25) is 0 Å². The van der Waals surface area contributed by atoms with Gasteiger partial charge in [0.05, 0.1) is 0 Å². The summed E-state index contributed by atoms with van der Waals surface area (Å²) in [4.78, 5) is 4.31. The number of pyridine rings is 1. The molecule has 2 nitrogen and oxygen atoms in total. The molecule has 2 aromatic rings. The third-order valence-electron chi connectivity index (χ3n) is 2.11. The Morgan fingerprint density at radius 3 is 3.07 bits per heavy atom. The van der Waals surface area contributed by atoms with Crippen LogP contribution >= 0.6 is 27.5 Å². The second-order valence-electron chi connectivity index (χ2n) is 3.17. The Kier molecular flexibility index (Phi) is 2.79. The molecule has 74 valence electrons. The van der Waals surface area contributed by atoms with Crippen LogP contribution in [-0.4, -0.2) is 9.55 Å². The van der Waals surface area contributed by atoms with Gasteiger partial charge < -0.3 is 4.57 Å². The second-order valence-corrected chi connectivity index (χ2v) is 4.41. The number of fused-ring (bicyclic) bond motifs is 1. The Bertz CT molecular complexity index is 464. The molecule has 14 heavy (non-hydrogen) atoms. The summed E-state index contributed by atoms with van der Waals surface area (Å²) in [5.41, 5.74) is 0.950. The Balaban J connectivity index is 2.66. The van der Waals surface area contributed by atoms with Gasteiger partial charge in [-0.2, -0.15) is 0 Å². The van der Waals surface area contributed by atoms with Gasteiger partial charge in [0.15, 0.2) is 0 Å². The van der Waals surface area contributed by atoms with E-state index in [9.17, 15) is 0 Å². The standard InChI is InChI=1S/C10H10BrClN2/c1-2-4-14-5-3-7-8(11)6-9(12)13-10(7)14/h3,5-6H,2,4H2,1H3. The number of aryl methyl sites for hydroxylation is 1. The summed E-state index contributed by atoms with van der Waals surface area (Å²) in [6.45, 7) is 3.12. The van der Waals surface area contributed by atoms with E-state index in [1.165, 1.54) is 0 Å². The third-order valence-corrected chi connectivity index (χ3v) is 2.96. The van der Waals surface area contributed by atoms with Gasteiger partial charge in [-0.15, -0.1) is 0 Å². The highest BCUT2D eigenvalue weighted by atomic mass is 79.9. The molecule has 2 aromatic heterocycles. The fourth-order valence-corrected chi connectivity index (χ4v) is 2.36. The van der Waals surface area contributed by atoms with E-state index < -0.39 is 0 Å². The van der Waals surface area contributed by atoms with Crippen LogP contribution in [0.5, 0.6) is 0 Å². The molecule has 4 heteroatoms. The van der Waals surface area contributed by atoms with Gasteiger partial charge in [0.2, 0.25) is 0 Å². The van der Waals surface area contributed by atoms with Crippen molar-refractivity contribution in [3.8, 4) is 0 Å². The van der Waals surface area contributed by atoms with Gasteiger partial charge in [-0.25, -0.2) is 4.98 Å². The van der Waals surface area contributed by atoms with Gasteiger partial charge in [0, 0.05) is 22.6 Å². The van der Waals surface area contributed by atoms with E-state index in [0.29, 0.717) is 5.15 Å². The highest BCUT2D eigenvalue weighted by Gasteiger charge is 2.06. The van der Waals surface area contributed by atoms with Gasteiger partial charge in [-0.05, 0) is 34.5 Å². The van der Waals surface area contributed by atoms with Crippen molar-refractivity contribution >= 4 is 38.6 Å². The Hall–Kier alpha value is -0.540. The first-order chi connectivity index (χ1) is 6.72. The lowest BCUT2D eigenvalue weighted by Gasteiger charge is -2.02. The zero-order valence-corrected chi connectivity index (χ0v) is 10.1. The van der Waals surface area contributed by atoms with Gasteiger partial charge >= 0.3 is 0 Å². The summed E-state index contributed by atoms with van der Waals surface area (Å²) in [6, 6.07) is 3.87. The van der Waals surface area contributed by atoms with E-state index >= 15 is 0 Å². The summed E-state index contributed by atoms with van der Waals surface area (Å²) < 4.78 is 3.12. The van der Waals surface area contributed by atoms with Crippen molar-refractivity contribution in [1.29, 1.82) is 0 Å². The molecule has 0 bridgehead atoms. The summed E-state index contributed by atoms with van der Waals surface area (Å²) in [7, 11) is 0. The Labute approximate surface area is 96.0 Å². The van der Waals surface area contributed by atoms with Crippen LogP contribution in [0.15, 0.2) is 22.8 Å². The fourth-order valence-electron chi connectivity index (χ4n) is 1.51. The maximum atomic E-state index is 5.90. The van der Waals surface area contributed by atoms with Crippen molar-refractivity contribution in [2.75, 3.05) is 0 Å². The number of nitrogens with zero attached hydrogens (tertiary/aromatic N) is 2. The minimum Gasteiger partial charge on any atom is -0.332 e. The summed E-state index contributed by atoms with van der Waals surface area (Å²) >= 11 is 9.37. The van der Waals surface area contributed by atoms with Gasteiger partial charge in [-0.1, -0.05) is 18.5 Å². The van der Waals surface area contributed by atoms with Crippen LogP contribution in [0.2, 0.25) is 5.15 Å². The molecule has 0 saturated heterocycles. The van der Waals surface area contributed by atoms with Gasteiger partial charge in [0.25, 0.3) is 0 Å². The zero-order chi connectivity index (χ0) is 10.1. The molecule has 0 radical (unpaired) electrons. The van der Waals surface area contributed by atoms with Crippen molar-refractivity contribution in [2.45, 2.75) is 19.9 Å². The molecule has 0 aliphatic rings.